The summed E-state index contributed by atoms with van der Waals surface area (Å²) in [5.74, 6) is 0.452. The molecule has 164 valence electrons. The molecule has 0 aliphatic heterocycles. The molecule has 0 atom stereocenters. The molecule has 6 nitrogen and oxygen atoms in total. The highest BCUT2D eigenvalue weighted by molar-refractivity contribution is 7.15. The average Bonchev–Trinajstić information content (AvgIpc) is 3.26. The zero-order valence-electron chi connectivity index (χ0n) is 18.1. The lowest BCUT2D eigenvalue weighted by molar-refractivity contribution is -0.0697. The Bertz CT molecular complexity index is 1330. The lowest BCUT2D eigenvalue weighted by Crippen LogP contribution is -2.67. The monoisotopic (exact) mass is 454 g/mol. The van der Waals surface area contributed by atoms with E-state index in [1.807, 2.05) is 24.3 Å². The smallest absolute Gasteiger partial charge is 0.258 e. The molecule has 0 unspecified atom stereocenters. The van der Waals surface area contributed by atoms with Crippen molar-refractivity contribution in [1.29, 1.82) is 0 Å². The largest absolute Gasteiger partial charge is 0.496 e. The maximum atomic E-state index is 13.2. The third-order valence-electron chi connectivity index (χ3n) is 6.98. The zero-order chi connectivity index (χ0) is 22.5. The van der Waals surface area contributed by atoms with E-state index in [1.165, 1.54) is 16.9 Å². The van der Waals surface area contributed by atoms with Gasteiger partial charge in [-0.15, -0.1) is 10.2 Å². The van der Waals surface area contributed by atoms with Gasteiger partial charge in [0.25, 0.3) is 5.91 Å². The molecular formula is C26H22N4O2S. The highest BCUT2D eigenvalue weighted by Crippen LogP contribution is 2.74. The van der Waals surface area contributed by atoms with Crippen molar-refractivity contribution in [2.45, 2.75) is 30.1 Å². The number of carbonyl (C=O) groups excluding carboxylic acids is 1. The number of amides is 1. The summed E-state index contributed by atoms with van der Waals surface area (Å²) in [5, 5.41) is 13.2. The van der Waals surface area contributed by atoms with E-state index >= 15 is 0 Å². The molecule has 2 bridgehead atoms. The number of para-hydroxylation sites is 1. The Balaban J connectivity index is 1.20. The first-order chi connectivity index (χ1) is 16.1. The van der Waals surface area contributed by atoms with Gasteiger partial charge in [0.1, 0.15) is 10.8 Å². The predicted molar refractivity (Wildman–Crippen MR) is 128 cm³/mol. The van der Waals surface area contributed by atoms with Crippen LogP contribution in [-0.2, 0) is 10.8 Å². The SMILES string of the molecule is COc1ccccc1-c1cnccc1C(=O)Nc1nnc(C23CC(c4ccccc4)(C2)C3)s1. The van der Waals surface area contributed by atoms with Crippen molar-refractivity contribution in [1.82, 2.24) is 15.2 Å². The molecular weight excluding hydrogens is 432 g/mol. The standard InChI is InChI=1S/C26H22N4O2S/c1-32-21-10-6-5-9-18(21)20-13-27-12-11-19(20)22(31)28-24-30-29-23(33-24)26-14-25(15-26,16-26)17-7-3-2-4-8-17/h2-13H,14-16H2,1H3,(H,28,30,31). The molecule has 33 heavy (non-hydrogen) atoms. The van der Waals surface area contributed by atoms with E-state index in [0.29, 0.717) is 27.4 Å². The van der Waals surface area contributed by atoms with Gasteiger partial charge in [-0.1, -0.05) is 59.9 Å². The fraction of sp³-hybridized carbons (Fsp3) is 0.231. The van der Waals surface area contributed by atoms with Crippen LogP contribution in [0.25, 0.3) is 11.1 Å². The topological polar surface area (TPSA) is 77.0 Å². The minimum Gasteiger partial charge on any atom is -0.496 e. The zero-order valence-corrected chi connectivity index (χ0v) is 18.9. The number of pyridine rings is 1. The number of methoxy groups -OCH3 is 1. The van der Waals surface area contributed by atoms with E-state index in [0.717, 1.165) is 29.8 Å². The Hall–Kier alpha value is -3.58. The van der Waals surface area contributed by atoms with Crippen LogP contribution in [-0.4, -0.2) is 28.2 Å². The van der Waals surface area contributed by atoms with Gasteiger partial charge in [-0.2, -0.15) is 0 Å². The summed E-state index contributed by atoms with van der Waals surface area (Å²) in [6.07, 6.45) is 6.62. The minimum atomic E-state index is -0.237. The van der Waals surface area contributed by atoms with E-state index in [9.17, 15) is 4.79 Å². The summed E-state index contributed by atoms with van der Waals surface area (Å²) < 4.78 is 5.48. The van der Waals surface area contributed by atoms with Gasteiger partial charge in [0.05, 0.1) is 12.7 Å². The quantitative estimate of drug-likeness (QED) is 0.431. The number of hydrogen-bond acceptors (Lipinski definition) is 6. The summed E-state index contributed by atoms with van der Waals surface area (Å²) >= 11 is 1.49. The summed E-state index contributed by atoms with van der Waals surface area (Å²) in [6, 6.07) is 20.0. The van der Waals surface area contributed by atoms with Gasteiger partial charge in [0.15, 0.2) is 0 Å². The molecule has 2 heterocycles. The predicted octanol–water partition coefficient (Wildman–Crippen LogP) is 5.23. The number of rotatable bonds is 6. The molecule has 0 radical (unpaired) electrons. The Labute approximate surface area is 195 Å². The molecule has 0 saturated heterocycles. The average molecular weight is 455 g/mol. The fourth-order valence-electron chi connectivity index (χ4n) is 5.44. The Kier molecular flexibility index (Phi) is 4.55. The molecule has 1 amide bonds. The van der Waals surface area contributed by atoms with Crippen LogP contribution in [0.5, 0.6) is 5.75 Å². The first-order valence-corrected chi connectivity index (χ1v) is 11.7. The van der Waals surface area contributed by atoms with E-state index in [4.69, 9.17) is 4.74 Å². The second-order valence-electron chi connectivity index (χ2n) is 8.95. The molecule has 1 N–H and O–H groups in total. The third-order valence-corrected chi connectivity index (χ3v) is 8.06. The van der Waals surface area contributed by atoms with Crippen LogP contribution in [0.15, 0.2) is 73.1 Å². The van der Waals surface area contributed by atoms with Crippen molar-refractivity contribution in [2.75, 3.05) is 12.4 Å². The van der Waals surface area contributed by atoms with Gasteiger partial charge in [-0.3, -0.25) is 15.1 Å². The van der Waals surface area contributed by atoms with Crippen molar-refractivity contribution in [2.24, 2.45) is 0 Å². The van der Waals surface area contributed by atoms with Crippen molar-refractivity contribution < 1.29 is 9.53 Å². The second kappa shape index (κ2) is 7.49. The summed E-state index contributed by atoms with van der Waals surface area (Å²) in [6.45, 7) is 0. The Morgan fingerprint density at radius 2 is 1.70 bits per heavy atom. The summed E-state index contributed by atoms with van der Waals surface area (Å²) in [5.41, 5.74) is 3.89. The van der Waals surface area contributed by atoms with E-state index in [-0.39, 0.29) is 11.3 Å². The molecule has 4 aromatic rings. The number of anilines is 1. The van der Waals surface area contributed by atoms with Crippen LogP contribution in [0.1, 0.15) is 40.2 Å². The number of nitrogens with one attached hydrogen (secondary N) is 1. The van der Waals surface area contributed by atoms with Crippen molar-refractivity contribution in [3.63, 3.8) is 0 Å². The molecule has 7 heteroatoms. The first-order valence-electron chi connectivity index (χ1n) is 10.9. The van der Waals surface area contributed by atoms with Crippen LogP contribution >= 0.6 is 11.3 Å². The Morgan fingerprint density at radius 3 is 2.48 bits per heavy atom. The van der Waals surface area contributed by atoms with Crippen LogP contribution in [0.3, 0.4) is 0 Å². The second-order valence-corrected chi connectivity index (χ2v) is 9.92. The Morgan fingerprint density at radius 1 is 0.939 bits per heavy atom. The van der Waals surface area contributed by atoms with Crippen molar-refractivity contribution in [3.05, 3.63) is 89.2 Å². The molecule has 3 fully saturated rings. The number of carbonyl (C=O) groups is 1. The molecule has 7 rings (SSSR count). The molecule has 2 aromatic heterocycles. The highest BCUT2D eigenvalue weighted by Gasteiger charge is 2.70. The van der Waals surface area contributed by atoms with Crippen LogP contribution in [0.4, 0.5) is 5.13 Å². The molecule has 2 aromatic carbocycles. The maximum absolute atomic E-state index is 13.2. The minimum absolute atomic E-state index is 0.121. The van der Waals surface area contributed by atoms with Gasteiger partial charge in [-0.25, -0.2) is 0 Å². The van der Waals surface area contributed by atoms with Gasteiger partial charge in [-0.05, 0) is 42.4 Å². The first kappa shape index (κ1) is 20.1. The fourth-order valence-corrected chi connectivity index (χ4v) is 6.36. The number of ether oxygens (including phenoxy) is 1. The summed E-state index contributed by atoms with van der Waals surface area (Å²) in [7, 11) is 1.62. The summed E-state index contributed by atoms with van der Waals surface area (Å²) in [4.78, 5) is 17.4. The van der Waals surface area contributed by atoms with Crippen LogP contribution < -0.4 is 10.1 Å². The van der Waals surface area contributed by atoms with Crippen molar-refractivity contribution >= 4 is 22.4 Å². The lowest BCUT2D eigenvalue weighted by atomic mass is 9.34. The lowest BCUT2D eigenvalue weighted by Gasteiger charge is -2.70. The number of benzene rings is 2. The van der Waals surface area contributed by atoms with Gasteiger partial charge in [0, 0.05) is 28.9 Å². The number of nitrogens with zero attached hydrogens (tertiary/aromatic N) is 3. The number of aromatic nitrogens is 3. The van der Waals surface area contributed by atoms with E-state index in [1.54, 1.807) is 25.6 Å². The third kappa shape index (κ3) is 3.15. The van der Waals surface area contributed by atoms with Gasteiger partial charge in [0.2, 0.25) is 5.13 Å². The van der Waals surface area contributed by atoms with E-state index in [2.05, 4.69) is 50.8 Å². The number of hydrogen-bond donors (Lipinski definition) is 1. The normalized spacial score (nSPS) is 22.7. The van der Waals surface area contributed by atoms with Crippen LogP contribution in [0, 0.1) is 0 Å². The van der Waals surface area contributed by atoms with E-state index < -0.39 is 0 Å². The highest BCUT2D eigenvalue weighted by atomic mass is 32.1. The van der Waals surface area contributed by atoms with Gasteiger partial charge >= 0.3 is 0 Å². The van der Waals surface area contributed by atoms with Gasteiger partial charge < -0.3 is 4.74 Å². The van der Waals surface area contributed by atoms with Crippen LogP contribution in [0.2, 0.25) is 0 Å². The molecule has 0 spiro atoms. The van der Waals surface area contributed by atoms with Crippen molar-refractivity contribution in [3.8, 4) is 16.9 Å². The molecule has 3 aliphatic carbocycles. The molecule has 3 saturated carbocycles. The molecule has 3 aliphatic rings. The maximum Gasteiger partial charge on any atom is 0.258 e.